The van der Waals surface area contributed by atoms with Crippen LogP contribution < -0.4 is 4.90 Å². The summed E-state index contributed by atoms with van der Waals surface area (Å²) in [5.74, 6) is 0. The maximum absolute atomic E-state index is 12.8. The minimum Gasteiger partial charge on any atom is -0.370 e. The zero-order valence-electron chi connectivity index (χ0n) is 8.48. The summed E-state index contributed by atoms with van der Waals surface area (Å²) in [7, 11) is 1.75. The molecule has 0 atom stereocenters. The van der Waals surface area contributed by atoms with Crippen LogP contribution in [-0.4, -0.2) is 13.6 Å². The molecule has 0 radical (unpaired) electrons. The van der Waals surface area contributed by atoms with E-state index >= 15 is 0 Å². The van der Waals surface area contributed by atoms with Crippen molar-refractivity contribution >= 4 is 23.4 Å². The van der Waals surface area contributed by atoms with Crippen LogP contribution in [0.4, 0.5) is 18.9 Å². The maximum atomic E-state index is 12.8. The lowest BCUT2D eigenvalue weighted by Crippen LogP contribution is -2.22. The van der Waals surface area contributed by atoms with Crippen LogP contribution in [0.15, 0.2) is 18.2 Å². The van der Waals surface area contributed by atoms with Gasteiger partial charge in [-0.25, -0.2) is 0 Å². The van der Waals surface area contributed by atoms with Crippen LogP contribution >= 0.6 is 11.6 Å². The molecule has 0 bridgehead atoms. The van der Waals surface area contributed by atoms with Gasteiger partial charge in [-0.15, -0.1) is 0 Å². The van der Waals surface area contributed by atoms with Crippen molar-refractivity contribution in [2.45, 2.75) is 6.18 Å². The van der Waals surface area contributed by atoms with Crippen molar-refractivity contribution in [2.75, 3.05) is 18.5 Å². The zero-order valence-corrected chi connectivity index (χ0v) is 9.23. The number of benzene rings is 1. The Morgan fingerprint density at radius 2 is 2.00 bits per heavy atom. The third kappa shape index (κ3) is 1.78. The number of fused-ring (bicyclic) bond motifs is 1. The van der Waals surface area contributed by atoms with Crippen molar-refractivity contribution in [3.63, 3.8) is 0 Å². The van der Waals surface area contributed by atoms with Gasteiger partial charge in [0.1, 0.15) is 0 Å². The highest BCUT2D eigenvalue weighted by atomic mass is 35.5. The molecule has 0 spiro atoms. The van der Waals surface area contributed by atoms with Crippen LogP contribution in [0.2, 0.25) is 5.02 Å². The third-order valence-corrected chi connectivity index (χ3v) is 2.85. The molecular formula is C11H9ClF3N. The Morgan fingerprint density at radius 1 is 1.31 bits per heavy atom. The molecule has 1 nitrogen and oxygen atoms in total. The van der Waals surface area contributed by atoms with Gasteiger partial charge in [-0.1, -0.05) is 23.8 Å². The number of halogens is 4. The predicted molar refractivity (Wildman–Crippen MR) is 58.8 cm³/mol. The summed E-state index contributed by atoms with van der Waals surface area (Å²) < 4.78 is 38.5. The van der Waals surface area contributed by atoms with Gasteiger partial charge in [0.15, 0.2) is 0 Å². The second-order valence-corrected chi connectivity index (χ2v) is 4.04. The van der Waals surface area contributed by atoms with E-state index in [0.717, 1.165) is 0 Å². The van der Waals surface area contributed by atoms with Gasteiger partial charge in [-0.2, -0.15) is 13.2 Å². The second kappa shape index (κ2) is 3.70. The fourth-order valence-corrected chi connectivity index (χ4v) is 2.07. The van der Waals surface area contributed by atoms with Gasteiger partial charge in [0.05, 0.1) is 10.6 Å². The van der Waals surface area contributed by atoms with Crippen molar-refractivity contribution in [2.24, 2.45) is 0 Å². The van der Waals surface area contributed by atoms with Crippen molar-refractivity contribution in [3.8, 4) is 0 Å². The van der Waals surface area contributed by atoms with Crippen LogP contribution in [0.25, 0.3) is 6.08 Å². The van der Waals surface area contributed by atoms with Gasteiger partial charge < -0.3 is 4.90 Å². The first-order chi connectivity index (χ1) is 7.41. The molecule has 1 aliphatic heterocycles. The summed E-state index contributed by atoms with van der Waals surface area (Å²) in [4.78, 5) is 1.75. The molecule has 0 fully saturated rings. The van der Waals surface area contributed by atoms with Crippen molar-refractivity contribution in [3.05, 3.63) is 34.4 Å². The number of nitrogens with zero attached hydrogens (tertiary/aromatic N) is 1. The number of anilines is 1. The Labute approximate surface area is 96.1 Å². The Bertz CT molecular complexity index is 451. The summed E-state index contributed by atoms with van der Waals surface area (Å²) in [5.41, 5.74) is -0.0533. The van der Waals surface area contributed by atoms with E-state index in [4.69, 9.17) is 11.6 Å². The molecule has 1 aliphatic rings. The van der Waals surface area contributed by atoms with Gasteiger partial charge in [0.25, 0.3) is 0 Å². The third-order valence-electron chi connectivity index (χ3n) is 2.53. The standard InChI is InChI=1S/C11H9ClF3N/c1-16-6-2-3-7-9(16)5-4-8(12)10(7)11(13,14)15/h2-5H,6H2,1H3. The lowest BCUT2D eigenvalue weighted by molar-refractivity contribution is -0.137. The Balaban J connectivity index is 2.70. The fraction of sp³-hybridized carbons (Fsp3) is 0.273. The number of alkyl halides is 3. The molecule has 1 heterocycles. The van der Waals surface area contributed by atoms with Gasteiger partial charge in [-0.05, 0) is 12.1 Å². The van der Waals surface area contributed by atoms with Crippen LogP contribution in [0.1, 0.15) is 11.1 Å². The van der Waals surface area contributed by atoms with Crippen molar-refractivity contribution in [1.29, 1.82) is 0 Å². The highest BCUT2D eigenvalue weighted by Gasteiger charge is 2.37. The van der Waals surface area contributed by atoms with Gasteiger partial charge in [-0.3, -0.25) is 0 Å². The minimum absolute atomic E-state index is 0.147. The summed E-state index contributed by atoms with van der Waals surface area (Å²) in [6, 6.07) is 2.90. The molecule has 16 heavy (non-hydrogen) atoms. The largest absolute Gasteiger partial charge is 0.418 e. The van der Waals surface area contributed by atoms with E-state index in [-0.39, 0.29) is 10.6 Å². The van der Waals surface area contributed by atoms with E-state index in [0.29, 0.717) is 12.2 Å². The molecule has 0 unspecified atom stereocenters. The van der Waals surface area contributed by atoms with E-state index in [1.807, 2.05) is 0 Å². The van der Waals surface area contributed by atoms with Gasteiger partial charge in [0.2, 0.25) is 0 Å². The van der Waals surface area contributed by atoms with Crippen LogP contribution in [0, 0.1) is 0 Å². The summed E-state index contributed by atoms with van der Waals surface area (Å²) in [6.45, 7) is 0.603. The normalized spacial score (nSPS) is 15.2. The summed E-state index contributed by atoms with van der Waals surface area (Å²) in [5, 5.41) is -0.258. The number of hydrogen-bond acceptors (Lipinski definition) is 1. The first-order valence-electron chi connectivity index (χ1n) is 4.68. The van der Waals surface area contributed by atoms with Crippen molar-refractivity contribution in [1.82, 2.24) is 0 Å². The minimum atomic E-state index is -4.43. The average Bonchev–Trinajstić information content (AvgIpc) is 2.15. The number of likely N-dealkylation sites (N-methyl/N-ethyl adjacent to an activating group) is 1. The Kier molecular flexibility index (Phi) is 2.62. The van der Waals surface area contributed by atoms with Crippen LogP contribution in [0.3, 0.4) is 0 Å². The lowest BCUT2D eigenvalue weighted by Gasteiger charge is -2.26. The smallest absolute Gasteiger partial charge is 0.370 e. The molecule has 0 aromatic heterocycles. The average molecular weight is 248 g/mol. The molecule has 0 saturated heterocycles. The highest BCUT2D eigenvalue weighted by Crippen LogP contribution is 2.42. The molecule has 1 aromatic rings. The molecule has 0 amide bonds. The highest BCUT2D eigenvalue weighted by molar-refractivity contribution is 6.31. The predicted octanol–water partition coefficient (Wildman–Crippen LogP) is 3.82. The monoisotopic (exact) mass is 247 g/mol. The van der Waals surface area contributed by atoms with E-state index in [1.165, 1.54) is 12.1 Å². The van der Waals surface area contributed by atoms with E-state index in [9.17, 15) is 13.2 Å². The maximum Gasteiger partial charge on any atom is 0.418 e. The molecular weight excluding hydrogens is 239 g/mol. The van der Waals surface area contributed by atoms with Crippen LogP contribution in [0.5, 0.6) is 0 Å². The molecule has 1 aromatic carbocycles. The first-order valence-corrected chi connectivity index (χ1v) is 5.06. The zero-order chi connectivity index (χ0) is 11.9. The fourth-order valence-electron chi connectivity index (χ4n) is 1.80. The molecule has 0 saturated carbocycles. The first kappa shape index (κ1) is 11.3. The Morgan fingerprint density at radius 3 is 2.62 bits per heavy atom. The van der Waals surface area contributed by atoms with Gasteiger partial charge in [0, 0.05) is 24.8 Å². The summed E-state index contributed by atoms with van der Waals surface area (Å²) in [6.07, 6.45) is -1.26. The molecule has 2 rings (SSSR count). The second-order valence-electron chi connectivity index (χ2n) is 3.64. The Hall–Kier alpha value is -1.16. The van der Waals surface area contributed by atoms with Crippen molar-refractivity contribution < 1.29 is 13.2 Å². The quantitative estimate of drug-likeness (QED) is 0.674. The SMILES string of the molecule is CN1CC=Cc2c1ccc(Cl)c2C(F)(F)F. The number of hydrogen-bond donors (Lipinski definition) is 0. The van der Waals surface area contributed by atoms with E-state index in [1.54, 1.807) is 24.1 Å². The molecule has 86 valence electrons. The topological polar surface area (TPSA) is 3.24 Å². The number of rotatable bonds is 0. The van der Waals surface area contributed by atoms with Crippen LogP contribution in [-0.2, 0) is 6.18 Å². The molecule has 0 N–H and O–H groups in total. The summed E-state index contributed by atoms with van der Waals surface area (Å²) >= 11 is 5.62. The van der Waals surface area contributed by atoms with E-state index < -0.39 is 11.7 Å². The van der Waals surface area contributed by atoms with E-state index in [2.05, 4.69) is 0 Å². The molecule has 5 heteroatoms. The lowest BCUT2D eigenvalue weighted by atomic mass is 10.0. The molecule has 0 aliphatic carbocycles. The van der Waals surface area contributed by atoms with Gasteiger partial charge >= 0.3 is 6.18 Å².